The van der Waals surface area contributed by atoms with Gasteiger partial charge in [0.1, 0.15) is 6.54 Å². The molecule has 2 aromatic carbocycles. The fourth-order valence-corrected chi connectivity index (χ4v) is 4.07. The van der Waals surface area contributed by atoms with E-state index in [1.807, 2.05) is 0 Å². The zero-order valence-electron chi connectivity index (χ0n) is 17.4. The highest BCUT2D eigenvalue weighted by atomic mass is 32.2. The van der Waals surface area contributed by atoms with E-state index >= 15 is 0 Å². The van der Waals surface area contributed by atoms with Crippen LogP contribution >= 0.6 is 0 Å². The molecule has 8 heteroatoms. The maximum atomic E-state index is 13.3. The first-order chi connectivity index (χ1) is 14.1. The second-order valence-corrected chi connectivity index (χ2v) is 8.90. The van der Waals surface area contributed by atoms with Crippen molar-refractivity contribution in [3.8, 4) is 12.3 Å². The molecule has 1 N–H and O–H groups in total. The lowest BCUT2D eigenvalue weighted by Gasteiger charge is -2.24. The molecule has 0 aromatic heterocycles. The van der Waals surface area contributed by atoms with Crippen LogP contribution in [-0.2, 0) is 14.8 Å². The Kier molecular flexibility index (Phi) is 7.38. The molecule has 0 radical (unpaired) electrons. The van der Waals surface area contributed by atoms with Crippen molar-refractivity contribution in [1.29, 1.82) is 0 Å². The fourth-order valence-electron chi connectivity index (χ4n) is 2.66. The van der Waals surface area contributed by atoms with Gasteiger partial charge < -0.3 is 5.32 Å². The zero-order valence-corrected chi connectivity index (χ0v) is 18.2. The molecule has 2 rings (SSSR count). The minimum absolute atomic E-state index is 0.00168. The van der Waals surface area contributed by atoms with E-state index in [9.17, 15) is 18.0 Å². The summed E-state index contributed by atoms with van der Waals surface area (Å²) in [6, 6.07) is 12.2. The number of terminal acetylenes is 1. The van der Waals surface area contributed by atoms with Crippen molar-refractivity contribution in [3.63, 3.8) is 0 Å². The molecule has 0 fully saturated rings. The molecule has 0 unspecified atom stereocenters. The first-order valence-corrected chi connectivity index (χ1v) is 10.7. The Morgan fingerprint density at radius 1 is 1.13 bits per heavy atom. The Labute approximate surface area is 177 Å². The summed E-state index contributed by atoms with van der Waals surface area (Å²) in [5, 5.41) is 2.49. The number of hydrogen-bond donors (Lipinski definition) is 1. The van der Waals surface area contributed by atoms with E-state index < -0.39 is 15.9 Å². The van der Waals surface area contributed by atoms with Crippen LogP contribution in [0.4, 0.5) is 5.69 Å². The molecule has 0 aliphatic heterocycles. The Hall–Kier alpha value is -3.15. The molecule has 7 nitrogen and oxygen atoms in total. The summed E-state index contributed by atoms with van der Waals surface area (Å²) in [6.45, 7) is 3.28. The number of carbonyl (C=O) groups excluding carboxylic acids is 2. The van der Waals surface area contributed by atoms with Crippen LogP contribution in [0.1, 0.15) is 29.8 Å². The molecular weight excluding hydrogens is 402 g/mol. The van der Waals surface area contributed by atoms with Gasteiger partial charge in [-0.05, 0) is 50.2 Å². The number of carbonyl (C=O) groups is 2. The van der Waals surface area contributed by atoms with Crippen LogP contribution in [0.5, 0.6) is 0 Å². The summed E-state index contributed by atoms with van der Waals surface area (Å²) < 4.78 is 26.9. The molecule has 0 heterocycles. The zero-order chi connectivity index (χ0) is 22.5. The van der Waals surface area contributed by atoms with Crippen molar-refractivity contribution < 1.29 is 18.0 Å². The summed E-state index contributed by atoms with van der Waals surface area (Å²) in [5.41, 5.74) is 1.13. The van der Waals surface area contributed by atoms with Crippen LogP contribution in [0.2, 0.25) is 0 Å². The largest absolute Gasteiger partial charge is 0.358 e. The topological polar surface area (TPSA) is 86.8 Å². The molecule has 2 aromatic rings. The van der Waals surface area contributed by atoms with Gasteiger partial charge in [-0.3, -0.25) is 14.5 Å². The predicted octanol–water partition coefficient (Wildman–Crippen LogP) is 2.09. The van der Waals surface area contributed by atoms with Gasteiger partial charge in [0.25, 0.3) is 5.91 Å². The first-order valence-electron chi connectivity index (χ1n) is 9.29. The smallest absolute Gasteiger partial charge is 0.258 e. The Morgan fingerprint density at radius 3 is 2.40 bits per heavy atom. The lowest BCUT2D eigenvalue weighted by atomic mass is 10.1. The highest BCUT2D eigenvalue weighted by Gasteiger charge is 2.26. The lowest BCUT2D eigenvalue weighted by molar-refractivity contribution is -0.119. The highest BCUT2D eigenvalue weighted by Crippen LogP contribution is 2.22. The Bertz CT molecular complexity index is 1090. The maximum Gasteiger partial charge on any atom is 0.258 e. The van der Waals surface area contributed by atoms with E-state index in [1.54, 1.807) is 38.1 Å². The van der Waals surface area contributed by atoms with Gasteiger partial charge in [-0.15, -0.1) is 6.42 Å². The second kappa shape index (κ2) is 9.57. The molecule has 0 aliphatic rings. The van der Waals surface area contributed by atoms with Crippen molar-refractivity contribution in [1.82, 2.24) is 9.62 Å². The van der Waals surface area contributed by atoms with Gasteiger partial charge in [-0.25, -0.2) is 8.42 Å². The first kappa shape index (κ1) is 23.1. The van der Waals surface area contributed by atoms with Crippen LogP contribution in [0, 0.1) is 12.3 Å². The average Bonchev–Trinajstić information content (AvgIpc) is 2.76. The van der Waals surface area contributed by atoms with E-state index in [0.29, 0.717) is 11.3 Å². The van der Waals surface area contributed by atoms with Crippen LogP contribution in [0.3, 0.4) is 0 Å². The molecular formula is C22H25N3O4S. The van der Waals surface area contributed by atoms with E-state index in [2.05, 4.69) is 11.2 Å². The monoisotopic (exact) mass is 427 g/mol. The van der Waals surface area contributed by atoms with Crippen molar-refractivity contribution in [2.24, 2.45) is 0 Å². The molecule has 158 valence electrons. The van der Waals surface area contributed by atoms with Gasteiger partial charge in [0.15, 0.2) is 0 Å². The average molecular weight is 428 g/mol. The third kappa shape index (κ3) is 5.06. The number of amides is 2. The molecule has 0 aliphatic carbocycles. The molecule has 0 bridgehead atoms. The molecule has 30 heavy (non-hydrogen) atoms. The SMILES string of the molecule is C#Cc1cccc(N(CC(=O)NC)C(=O)c2cccc(S(=O)(=O)N(C)C(C)C)c2)c1. The number of hydrogen-bond acceptors (Lipinski definition) is 4. The summed E-state index contributed by atoms with van der Waals surface area (Å²) in [6.07, 6.45) is 5.45. The number of nitrogens with one attached hydrogen (secondary N) is 1. The third-order valence-electron chi connectivity index (χ3n) is 4.64. The van der Waals surface area contributed by atoms with Crippen molar-refractivity contribution in [3.05, 3.63) is 59.7 Å². The normalized spacial score (nSPS) is 11.2. The number of nitrogens with zero attached hydrogens (tertiary/aromatic N) is 2. The van der Waals surface area contributed by atoms with Crippen LogP contribution in [0.15, 0.2) is 53.4 Å². The number of benzene rings is 2. The lowest BCUT2D eigenvalue weighted by Crippen LogP contribution is -2.40. The van der Waals surface area contributed by atoms with Gasteiger partial charge in [-0.2, -0.15) is 4.31 Å². The Morgan fingerprint density at radius 2 is 1.80 bits per heavy atom. The van der Waals surface area contributed by atoms with E-state index in [-0.39, 0.29) is 29.0 Å². The quantitative estimate of drug-likeness (QED) is 0.686. The van der Waals surface area contributed by atoms with Crippen LogP contribution in [-0.4, -0.2) is 51.2 Å². The third-order valence-corrected chi connectivity index (χ3v) is 6.66. The number of rotatable bonds is 7. The highest BCUT2D eigenvalue weighted by molar-refractivity contribution is 7.89. The predicted molar refractivity (Wildman–Crippen MR) is 117 cm³/mol. The summed E-state index contributed by atoms with van der Waals surface area (Å²) in [4.78, 5) is 26.6. The summed E-state index contributed by atoms with van der Waals surface area (Å²) in [7, 11) is -0.812. The van der Waals surface area contributed by atoms with Gasteiger partial charge in [0, 0.05) is 37.0 Å². The van der Waals surface area contributed by atoms with E-state index in [0.717, 1.165) is 0 Å². The van der Waals surface area contributed by atoms with Gasteiger partial charge in [-0.1, -0.05) is 18.1 Å². The number of sulfonamides is 1. The second-order valence-electron chi connectivity index (χ2n) is 6.90. The molecule has 0 saturated heterocycles. The van der Waals surface area contributed by atoms with Crippen LogP contribution in [0.25, 0.3) is 0 Å². The van der Waals surface area contributed by atoms with Gasteiger partial charge in [0.05, 0.1) is 4.90 Å². The maximum absolute atomic E-state index is 13.3. The summed E-state index contributed by atoms with van der Waals surface area (Å²) >= 11 is 0. The minimum Gasteiger partial charge on any atom is -0.358 e. The van der Waals surface area contributed by atoms with Crippen molar-refractivity contribution in [2.45, 2.75) is 24.8 Å². The molecule has 0 spiro atoms. The number of likely N-dealkylation sites (N-methyl/N-ethyl adjacent to an activating group) is 1. The fraction of sp³-hybridized carbons (Fsp3) is 0.273. The van der Waals surface area contributed by atoms with Crippen molar-refractivity contribution in [2.75, 3.05) is 25.5 Å². The van der Waals surface area contributed by atoms with Gasteiger partial charge in [0.2, 0.25) is 15.9 Å². The molecule has 0 atom stereocenters. The van der Waals surface area contributed by atoms with E-state index in [4.69, 9.17) is 6.42 Å². The Balaban J connectivity index is 2.50. The number of anilines is 1. The minimum atomic E-state index is -3.77. The summed E-state index contributed by atoms with van der Waals surface area (Å²) in [5.74, 6) is 1.60. The molecule has 0 saturated carbocycles. The standard InChI is InChI=1S/C22H25N3O4S/c1-6-17-9-7-11-19(13-17)25(15-21(26)23-4)22(27)18-10-8-12-20(14-18)30(28,29)24(5)16(2)3/h1,7-14,16H,15H2,2-5H3,(H,23,26). The van der Waals surface area contributed by atoms with Crippen molar-refractivity contribution >= 4 is 27.5 Å². The van der Waals surface area contributed by atoms with E-state index in [1.165, 1.54) is 47.6 Å². The van der Waals surface area contributed by atoms with Gasteiger partial charge >= 0.3 is 0 Å². The van der Waals surface area contributed by atoms with Crippen LogP contribution < -0.4 is 10.2 Å². The molecule has 2 amide bonds.